The standard InChI is InChI=1S/C17H27N3O/c21-17(9-11-18-13-17)14-20(16-7-2-1-3-8-16)12-15-6-4-5-10-19-15/h4-6,10,16,18,21H,1-3,7-9,11-14H2. The van der Waals surface area contributed by atoms with Crippen LogP contribution in [0.5, 0.6) is 0 Å². The number of pyridine rings is 1. The van der Waals surface area contributed by atoms with Crippen molar-refractivity contribution >= 4 is 0 Å². The molecule has 1 atom stereocenters. The van der Waals surface area contributed by atoms with Crippen molar-refractivity contribution in [1.82, 2.24) is 15.2 Å². The molecule has 0 bridgehead atoms. The number of hydrogen-bond acceptors (Lipinski definition) is 4. The molecular formula is C17H27N3O. The Morgan fingerprint density at radius 2 is 2.14 bits per heavy atom. The fraction of sp³-hybridized carbons (Fsp3) is 0.706. The molecule has 0 radical (unpaired) electrons. The molecule has 1 aromatic rings. The third-order valence-corrected chi connectivity index (χ3v) is 4.90. The van der Waals surface area contributed by atoms with Crippen LogP contribution in [0.3, 0.4) is 0 Å². The van der Waals surface area contributed by atoms with Crippen molar-refractivity contribution in [2.45, 2.75) is 56.7 Å². The van der Waals surface area contributed by atoms with Gasteiger partial charge in [-0.05, 0) is 37.9 Å². The van der Waals surface area contributed by atoms with Gasteiger partial charge in [-0.25, -0.2) is 0 Å². The second kappa shape index (κ2) is 6.86. The number of hydrogen-bond donors (Lipinski definition) is 2. The summed E-state index contributed by atoms with van der Waals surface area (Å²) < 4.78 is 0. The number of aromatic nitrogens is 1. The third-order valence-electron chi connectivity index (χ3n) is 4.90. The molecule has 0 aromatic carbocycles. The van der Waals surface area contributed by atoms with E-state index in [1.807, 2.05) is 18.3 Å². The summed E-state index contributed by atoms with van der Waals surface area (Å²) in [6.07, 6.45) is 9.24. The van der Waals surface area contributed by atoms with Gasteiger partial charge in [0.05, 0.1) is 11.3 Å². The number of rotatable bonds is 5. The largest absolute Gasteiger partial charge is 0.387 e. The van der Waals surface area contributed by atoms with Crippen molar-refractivity contribution < 1.29 is 5.11 Å². The first-order chi connectivity index (χ1) is 10.3. The number of nitrogens with zero attached hydrogens (tertiary/aromatic N) is 2. The quantitative estimate of drug-likeness (QED) is 0.870. The molecule has 2 heterocycles. The molecule has 4 nitrogen and oxygen atoms in total. The van der Waals surface area contributed by atoms with Crippen LogP contribution in [0, 0.1) is 0 Å². The lowest BCUT2D eigenvalue weighted by Gasteiger charge is -2.38. The van der Waals surface area contributed by atoms with E-state index in [1.165, 1.54) is 32.1 Å². The Morgan fingerprint density at radius 3 is 2.81 bits per heavy atom. The van der Waals surface area contributed by atoms with Crippen LogP contribution in [0.25, 0.3) is 0 Å². The first-order valence-electron chi connectivity index (χ1n) is 8.32. The lowest BCUT2D eigenvalue weighted by atomic mass is 9.92. The molecule has 116 valence electrons. The molecule has 21 heavy (non-hydrogen) atoms. The first kappa shape index (κ1) is 14.9. The minimum Gasteiger partial charge on any atom is -0.387 e. The highest BCUT2D eigenvalue weighted by atomic mass is 16.3. The van der Waals surface area contributed by atoms with Gasteiger partial charge in [-0.2, -0.15) is 0 Å². The van der Waals surface area contributed by atoms with Crippen LogP contribution in [0.4, 0.5) is 0 Å². The van der Waals surface area contributed by atoms with Crippen molar-refractivity contribution in [2.75, 3.05) is 19.6 Å². The van der Waals surface area contributed by atoms with Crippen LogP contribution < -0.4 is 5.32 Å². The highest BCUT2D eigenvalue weighted by Gasteiger charge is 2.35. The Kier molecular flexibility index (Phi) is 4.88. The van der Waals surface area contributed by atoms with E-state index in [1.54, 1.807) is 0 Å². The SMILES string of the molecule is OC1(CN(Cc2ccccn2)C2CCCCC2)CCNC1. The van der Waals surface area contributed by atoms with Crippen LogP contribution in [-0.2, 0) is 6.54 Å². The van der Waals surface area contributed by atoms with Gasteiger partial charge < -0.3 is 10.4 Å². The first-order valence-corrected chi connectivity index (χ1v) is 8.32. The Labute approximate surface area is 127 Å². The second-order valence-electron chi connectivity index (χ2n) is 6.67. The summed E-state index contributed by atoms with van der Waals surface area (Å²) in [5.74, 6) is 0. The van der Waals surface area contributed by atoms with E-state index in [9.17, 15) is 5.11 Å². The maximum absolute atomic E-state index is 10.7. The van der Waals surface area contributed by atoms with Crippen molar-refractivity contribution in [1.29, 1.82) is 0 Å². The third kappa shape index (κ3) is 4.02. The van der Waals surface area contributed by atoms with Gasteiger partial charge in [0.15, 0.2) is 0 Å². The number of nitrogens with one attached hydrogen (secondary N) is 1. The molecule has 0 amide bonds. The van der Waals surface area contributed by atoms with Crippen LogP contribution in [0.15, 0.2) is 24.4 Å². The molecule has 1 saturated carbocycles. The molecule has 1 unspecified atom stereocenters. The van der Waals surface area contributed by atoms with E-state index >= 15 is 0 Å². The summed E-state index contributed by atoms with van der Waals surface area (Å²) >= 11 is 0. The lowest BCUT2D eigenvalue weighted by molar-refractivity contribution is -0.00288. The Bertz CT molecular complexity index is 425. The fourth-order valence-electron chi connectivity index (χ4n) is 3.70. The van der Waals surface area contributed by atoms with Gasteiger partial charge in [-0.1, -0.05) is 25.3 Å². The Balaban J connectivity index is 1.70. The van der Waals surface area contributed by atoms with Gasteiger partial charge in [-0.15, -0.1) is 0 Å². The van der Waals surface area contributed by atoms with Crippen LogP contribution in [0.1, 0.15) is 44.2 Å². The van der Waals surface area contributed by atoms with Gasteiger partial charge >= 0.3 is 0 Å². The van der Waals surface area contributed by atoms with Gasteiger partial charge in [0.1, 0.15) is 0 Å². The number of aliphatic hydroxyl groups is 1. The highest BCUT2D eigenvalue weighted by molar-refractivity contribution is 5.04. The van der Waals surface area contributed by atoms with Crippen molar-refractivity contribution in [2.24, 2.45) is 0 Å². The van der Waals surface area contributed by atoms with Gasteiger partial charge in [0, 0.05) is 31.9 Å². The predicted molar refractivity (Wildman–Crippen MR) is 84.0 cm³/mol. The summed E-state index contributed by atoms with van der Waals surface area (Å²) in [7, 11) is 0. The monoisotopic (exact) mass is 289 g/mol. The van der Waals surface area contributed by atoms with Gasteiger partial charge in [0.25, 0.3) is 0 Å². The summed E-state index contributed by atoms with van der Waals surface area (Å²) in [4.78, 5) is 6.95. The maximum Gasteiger partial charge on any atom is 0.0909 e. The van der Waals surface area contributed by atoms with Crippen LogP contribution in [0.2, 0.25) is 0 Å². The van der Waals surface area contributed by atoms with Crippen molar-refractivity contribution in [3.63, 3.8) is 0 Å². The molecule has 3 rings (SSSR count). The van der Waals surface area contributed by atoms with Gasteiger partial charge in [-0.3, -0.25) is 9.88 Å². The molecule has 1 aliphatic heterocycles. The number of β-amino-alcohol motifs (C(OH)–C–C–N with tert-alkyl or cyclic N) is 1. The highest BCUT2D eigenvalue weighted by Crippen LogP contribution is 2.27. The topological polar surface area (TPSA) is 48.4 Å². The smallest absolute Gasteiger partial charge is 0.0909 e. The van der Waals surface area contributed by atoms with E-state index in [0.717, 1.165) is 38.3 Å². The Hall–Kier alpha value is -0.970. The summed E-state index contributed by atoms with van der Waals surface area (Å²) in [5.41, 5.74) is 0.546. The molecule has 4 heteroatoms. The summed E-state index contributed by atoms with van der Waals surface area (Å²) in [5, 5.41) is 14.0. The minimum atomic E-state index is -0.563. The normalized spacial score (nSPS) is 27.3. The summed E-state index contributed by atoms with van der Waals surface area (Å²) in [6.45, 7) is 3.27. The van der Waals surface area contributed by atoms with E-state index in [0.29, 0.717) is 6.04 Å². The molecule has 2 N–H and O–H groups in total. The molecule has 0 spiro atoms. The van der Waals surface area contributed by atoms with E-state index in [2.05, 4.69) is 21.3 Å². The maximum atomic E-state index is 10.7. The molecule has 2 fully saturated rings. The molecular weight excluding hydrogens is 262 g/mol. The van der Waals surface area contributed by atoms with Crippen LogP contribution >= 0.6 is 0 Å². The van der Waals surface area contributed by atoms with E-state index in [-0.39, 0.29) is 0 Å². The average molecular weight is 289 g/mol. The zero-order valence-electron chi connectivity index (χ0n) is 12.8. The molecule has 1 aliphatic carbocycles. The molecule has 1 aromatic heterocycles. The predicted octanol–water partition coefficient (Wildman–Crippen LogP) is 1.94. The molecule has 2 aliphatic rings. The Morgan fingerprint density at radius 1 is 1.29 bits per heavy atom. The van der Waals surface area contributed by atoms with Crippen molar-refractivity contribution in [3.05, 3.63) is 30.1 Å². The second-order valence-corrected chi connectivity index (χ2v) is 6.67. The average Bonchev–Trinajstić information content (AvgIpc) is 2.95. The van der Waals surface area contributed by atoms with E-state index < -0.39 is 5.60 Å². The summed E-state index contributed by atoms with van der Waals surface area (Å²) in [6, 6.07) is 6.70. The zero-order chi connectivity index (χ0) is 14.5. The molecule has 1 saturated heterocycles. The van der Waals surface area contributed by atoms with Crippen LogP contribution in [-0.4, -0.2) is 46.3 Å². The lowest BCUT2D eigenvalue weighted by Crippen LogP contribution is -2.48. The van der Waals surface area contributed by atoms with Crippen molar-refractivity contribution in [3.8, 4) is 0 Å². The minimum absolute atomic E-state index is 0.563. The zero-order valence-corrected chi connectivity index (χ0v) is 12.8. The van der Waals surface area contributed by atoms with Gasteiger partial charge in [0.2, 0.25) is 0 Å². The van der Waals surface area contributed by atoms with E-state index in [4.69, 9.17) is 0 Å². The fourth-order valence-corrected chi connectivity index (χ4v) is 3.70.